The molecule has 0 spiro atoms. The molecule has 0 fully saturated rings. The minimum absolute atomic E-state index is 0.101. The van der Waals surface area contributed by atoms with Crippen LogP contribution in [0, 0.1) is 0 Å². The fraction of sp³-hybridized carbons (Fsp3) is 0.211. The van der Waals surface area contributed by atoms with Crippen LogP contribution < -0.4 is 19.5 Å². The predicted molar refractivity (Wildman–Crippen MR) is 104 cm³/mol. The fourth-order valence-corrected chi connectivity index (χ4v) is 2.90. The van der Waals surface area contributed by atoms with Crippen molar-refractivity contribution >= 4 is 22.6 Å². The van der Waals surface area contributed by atoms with Gasteiger partial charge in [-0.2, -0.15) is 9.36 Å². The van der Waals surface area contributed by atoms with E-state index in [1.54, 1.807) is 25.3 Å². The molecule has 140 valence electrons. The molecule has 2 aromatic carbocycles. The minimum atomic E-state index is -0.300. The van der Waals surface area contributed by atoms with Crippen molar-refractivity contribution in [3.05, 3.63) is 48.5 Å². The molecule has 0 unspecified atom stereocenters. The van der Waals surface area contributed by atoms with Crippen LogP contribution in [0.5, 0.6) is 17.2 Å². The molecule has 3 rings (SSSR count). The molecule has 0 aliphatic heterocycles. The number of methoxy groups -OCH3 is 1. The fourth-order valence-electron chi connectivity index (χ4n) is 2.29. The van der Waals surface area contributed by atoms with Crippen LogP contribution in [0.1, 0.15) is 6.92 Å². The highest BCUT2D eigenvalue weighted by Gasteiger charge is 2.13. The summed E-state index contributed by atoms with van der Waals surface area (Å²) in [5.74, 6) is 2.09. The van der Waals surface area contributed by atoms with Gasteiger partial charge in [0.1, 0.15) is 5.75 Å². The van der Waals surface area contributed by atoms with Crippen molar-refractivity contribution in [3.63, 3.8) is 0 Å². The highest BCUT2D eigenvalue weighted by Crippen LogP contribution is 2.32. The number of hydrogen-bond acceptors (Lipinski definition) is 7. The summed E-state index contributed by atoms with van der Waals surface area (Å²) in [6.45, 7) is 2.35. The first-order valence-corrected chi connectivity index (χ1v) is 9.09. The first-order valence-electron chi connectivity index (χ1n) is 8.32. The van der Waals surface area contributed by atoms with Crippen molar-refractivity contribution in [1.29, 1.82) is 0 Å². The van der Waals surface area contributed by atoms with Gasteiger partial charge in [-0.15, -0.1) is 0 Å². The smallest absolute Gasteiger partial charge is 0.264 e. The van der Waals surface area contributed by atoms with Gasteiger partial charge in [-0.25, -0.2) is 0 Å². The van der Waals surface area contributed by atoms with Gasteiger partial charge in [-0.3, -0.25) is 10.1 Å². The molecule has 8 heteroatoms. The first-order chi connectivity index (χ1) is 13.2. The van der Waals surface area contributed by atoms with Crippen molar-refractivity contribution in [2.45, 2.75) is 6.92 Å². The van der Waals surface area contributed by atoms with Crippen molar-refractivity contribution in [2.75, 3.05) is 25.6 Å². The van der Waals surface area contributed by atoms with Crippen LogP contribution in [-0.2, 0) is 4.79 Å². The number of rotatable bonds is 8. The number of hydrogen-bond donors (Lipinski definition) is 1. The van der Waals surface area contributed by atoms with Gasteiger partial charge in [0.05, 0.1) is 13.7 Å². The molecule has 27 heavy (non-hydrogen) atoms. The van der Waals surface area contributed by atoms with Crippen molar-refractivity contribution in [2.24, 2.45) is 0 Å². The van der Waals surface area contributed by atoms with Crippen LogP contribution in [0.15, 0.2) is 48.5 Å². The number of anilines is 1. The normalized spacial score (nSPS) is 10.3. The molecule has 0 saturated heterocycles. The van der Waals surface area contributed by atoms with Gasteiger partial charge in [0.25, 0.3) is 5.91 Å². The van der Waals surface area contributed by atoms with E-state index in [1.165, 1.54) is 0 Å². The van der Waals surface area contributed by atoms with Crippen LogP contribution in [0.2, 0.25) is 0 Å². The molecular weight excluding hydrogens is 366 g/mol. The summed E-state index contributed by atoms with van der Waals surface area (Å²) in [5, 5.41) is 3.09. The van der Waals surface area contributed by atoms with E-state index >= 15 is 0 Å². The van der Waals surface area contributed by atoms with Gasteiger partial charge < -0.3 is 14.2 Å². The van der Waals surface area contributed by atoms with Gasteiger partial charge in [-0.05, 0) is 37.3 Å². The standard InChI is InChI=1S/C19H19N3O4S/c1-3-25-15-10-9-13(11-16(15)24-2)18-21-19(27-22-18)20-17(23)12-26-14-7-5-4-6-8-14/h4-11H,3,12H2,1-2H3,(H,20,21,22,23). The van der Waals surface area contributed by atoms with Gasteiger partial charge in [0.2, 0.25) is 5.13 Å². The lowest BCUT2D eigenvalue weighted by Crippen LogP contribution is -2.20. The average molecular weight is 385 g/mol. The van der Waals surface area contributed by atoms with Crippen molar-refractivity contribution in [1.82, 2.24) is 9.36 Å². The maximum Gasteiger partial charge on any atom is 0.264 e. The maximum atomic E-state index is 12.0. The Morgan fingerprint density at radius 1 is 1.11 bits per heavy atom. The topological polar surface area (TPSA) is 82.6 Å². The number of carbonyl (C=O) groups excluding carboxylic acids is 1. The third-order valence-electron chi connectivity index (χ3n) is 3.51. The van der Waals surface area contributed by atoms with E-state index in [0.29, 0.717) is 34.8 Å². The number of amides is 1. The molecule has 1 aromatic heterocycles. The lowest BCUT2D eigenvalue weighted by atomic mass is 10.2. The first kappa shape index (κ1) is 18.7. The summed E-state index contributed by atoms with van der Waals surface area (Å²) in [7, 11) is 1.58. The Morgan fingerprint density at radius 2 is 1.93 bits per heavy atom. The van der Waals surface area contributed by atoms with E-state index in [0.717, 1.165) is 17.1 Å². The number of nitrogens with one attached hydrogen (secondary N) is 1. The maximum absolute atomic E-state index is 12.0. The average Bonchev–Trinajstić information content (AvgIpc) is 3.16. The van der Waals surface area contributed by atoms with E-state index in [9.17, 15) is 4.79 Å². The Balaban J connectivity index is 1.63. The SMILES string of the molecule is CCOc1ccc(-c2nsc(NC(=O)COc3ccccc3)n2)cc1OC. The van der Waals surface area contributed by atoms with Crippen LogP contribution in [-0.4, -0.2) is 35.6 Å². The van der Waals surface area contributed by atoms with E-state index in [4.69, 9.17) is 14.2 Å². The monoisotopic (exact) mass is 385 g/mol. The molecule has 0 bridgehead atoms. The molecule has 0 aliphatic rings. The van der Waals surface area contributed by atoms with Crippen LogP contribution in [0.25, 0.3) is 11.4 Å². The van der Waals surface area contributed by atoms with Crippen molar-refractivity contribution in [3.8, 4) is 28.6 Å². The third kappa shape index (κ3) is 4.95. The Kier molecular flexibility index (Phi) is 6.22. The Bertz CT molecular complexity index is 899. The van der Waals surface area contributed by atoms with Gasteiger partial charge in [0, 0.05) is 17.1 Å². The van der Waals surface area contributed by atoms with Crippen LogP contribution >= 0.6 is 11.5 Å². The number of carbonyl (C=O) groups is 1. The zero-order valence-electron chi connectivity index (χ0n) is 15.0. The highest BCUT2D eigenvalue weighted by atomic mass is 32.1. The van der Waals surface area contributed by atoms with E-state index in [2.05, 4.69) is 14.7 Å². The van der Waals surface area contributed by atoms with Crippen molar-refractivity contribution < 1.29 is 19.0 Å². The summed E-state index contributed by atoms with van der Waals surface area (Å²) >= 11 is 1.10. The molecule has 1 heterocycles. The van der Waals surface area contributed by atoms with E-state index < -0.39 is 0 Å². The molecule has 1 N–H and O–H groups in total. The lowest BCUT2D eigenvalue weighted by molar-refractivity contribution is -0.118. The summed E-state index contributed by atoms with van der Waals surface area (Å²) in [6, 6.07) is 14.6. The molecule has 0 radical (unpaired) electrons. The Morgan fingerprint density at radius 3 is 2.67 bits per heavy atom. The molecule has 0 saturated carbocycles. The summed E-state index contributed by atoms with van der Waals surface area (Å²) in [4.78, 5) is 16.4. The summed E-state index contributed by atoms with van der Waals surface area (Å²) in [6.07, 6.45) is 0. The summed E-state index contributed by atoms with van der Waals surface area (Å²) in [5.41, 5.74) is 0.771. The number of aromatic nitrogens is 2. The number of nitrogens with zero attached hydrogens (tertiary/aromatic N) is 2. The number of para-hydroxylation sites is 1. The lowest BCUT2D eigenvalue weighted by Gasteiger charge is -2.09. The van der Waals surface area contributed by atoms with E-state index in [1.807, 2.05) is 37.3 Å². The Hall–Kier alpha value is -3.13. The number of benzene rings is 2. The molecule has 0 aliphatic carbocycles. The molecule has 0 atom stereocenters. The van der Waals surface area contributed by atoms with Gasteiger partial charge in [-0.1, -0.05) is 18.2 Å². The zero-order chi connectivity index (χ0) is 19.1. The second-order valence-corrected chi connectivity index (χ2v) is 6.12. The van der Waals surface area contributed by atoms with Gasteiger partial charge in [0.15, 0.2) is 23.9 Å². The second kappa shape index (κ2) is 9.00. The number of ether oxygens (including phenoxy) is 3. The minimum Gasteiger partial charge on any atom is -0.493 e. The Labute approximate surface area is 161 Å². The summed E-state index contributed by atoms with van der Waals surface area (Å²) < 4.78 is 20.5. The van der Waals surface area contributed by atoms with Crippen LogP contribution in [0.4, 0.5) is 5.13 Å². The molecule has 7 nitrogen and oxygen atoms in total. The molecule has 3 aromatic rings. The quantitative estimate of drug-likeness (QED) is 0.638. The largest absolute Gasteiger partial charge is 0.493 e. The molecular formula is C19H19N3O4S. The zero-order valence-corrected chi connectivity index (χ0v) is 15.8. The second-order valence-electron chi connectivity index (χ2n) is 5.37. The van der Waals surface area contributed by atoms with Gasteiger partial charge >= 0.3 is 0 Å². The highest BCUT2D eigenvalue weighted by molar-refractivity contribution is 7.10. The molecule has 1 amide bonds. The van der Waals surface area contributed by atoms with E-state index in [-0.39, 0.29) is 12.5 Å². The predicted octanol–water partition coefficient (Wildman–Crippen LogP) is 3.63. The van der Waals surface area contributed by atoms with Crippen LogP contribution in [0.3, 0.4) is 0 Å². The third-order valence-corrected chi connectivity index (χ3v) is 4.14.